The van der Waals surface area contributed by atoms with E-state index in [1.54, 1.807) is 24.3 Å². The predicted octanol–water partition coefficient (Wildman–Crippen LogP) is 4.50. The molecule has 2 aromatic carbocycles. The maximum Gasteiger partial charge on any atom is 0.416 e. The van der Waals surface area contributed by atoms with Crippen molar-refractivity contribution in [2.45, 2.75) is 25.4 Å². The van der Waals surface area contributed by atoms with Gasteiger partial charge in [0.05, 0.1) is 5.56 Å². The van der Waals surface area contributed by atoms with Gasteiger partial charge in [-0.15, -0.1) is 0 Å². The van der Waals surface area contributed by atoms with Crippen molar-refractivity contribution in [3.63, 3.8) is 0 Å². The lowest BCUT2D eigenvalue weighted by Gasteiger charge is -2.12. The van der Waals surface area contributed by atoms with Crippen molar-refractivity contribution in [2.75, 3.05) is 31.3 Å². The van der Waals surface area contributed by atoms with Crippen molar-refractivity contribution in [1.82, 2.24) is 10.2 Å². The number of nitrogens with zero attached hydrogens (tertiary/aromatic N) is 1. The van der Waals surface area contributed by atoms with Crippen LogP contribution in [0, 0.1) is 0 Å². The number of unbranched alkanes of at least 4 members (excludes halogenated alkanes) is 1. The summed E-state index contributed by atoms with van der Waals surface area (Å²) in [5.41, 5.74) is 0.417. The van der Waals surface area contributed by atoms with Crippen LogP contribution in [0.3, 0.4) is 0 Å². The van der Waals surface area contributed by atoms with Crippen molar-refractivity contribution in [1.29, 1.82) is 0 Å². The van der Waals surface area contributed by atoms with Crippen LogP contribution in [-0.2, 0) is 11.0 Å². The molecule has 2 amide bonds. The number of hydrogen-bond acceptors (Lipinski definition) is 4. The first-order valence-electron chi connectivity index (χ1n) is 9.89. The Morgan fingerprint density at radius 1 is 0.906 bits per heavy atom. The molecule has 0 aliphatic rings. The van der Waals surface area contributed by atoms with Crippen molar-refractivity contribution in [2.24, 2.45) is 0 Å². The zero-order valence-electron chi connectivity index (χ0n) is 17.8. The molecule has 0 bridgehead atoms. The highest BCUT2D eigenvalue weighted by atomic mass is 32.1. The maximum absolute atomic E-state index is 12.6. The SMILES string of the molecule is CN(C)CCCCC(=O)Nc1ccc(NC(=S)NC(=O)c2ccc(C(F)(F)F)cc2)cc1. The van der Waals surface area contributed by atoms with Crippen molar-refractivity contribution in [3.05, 3.63) is 59.7 Å². The van der Waals surface area contributed by atoms with E-state index in [2.05, 4.69) is 20.9 Å². The molecule has 172 valence electrons. The fraction of sp³-hybridized carbons (Fsp3) is 0.318. The van der Waals surface area contributed by atoms with E-state index in [4.69, 9.17) is 12.2 Å². The number of anilines is 2. The topological polar surface area (TPSA) is 73.5 Å². The third-order valence-electron chi connectivity index (χ3n) is 4.39. The summed E-state index contributed by atoms with van der Waals surface area (Å²) < 4.78 is 37.8. The molecule has 0 atom stereocenters. The highest BCUT2D eigenvalue weighted by Crippen LogP contribution is 2.29. The van der Waals surface area contributed by atoms with Gasteiger partial charge >= 0.3 is 6.18 Å². The average Bonchev–Trinajstić information content (AvgIpc) is 2.72. The molecular formula is C22H25F3N4O2S. The number of nitrogens with one attached hydrogen (secondary N) is 3. The Hall–Kier alpha value is -2.98. The van der Waals surface area contributed by atoms with Gasteiger partial charge in [0, 0.05) is 23.4 Å². The van der Waals surface area contributed by atoms with Gasteiger partial charge in [-0.25, -0.2) is 0 Å². The summed E-state index contributed by atoms with van der Waals surface area (Å²) >= 11 is 5.08. The molecule has 0 fully saturated rings. The molecule has 0 aliphatic carbocycles. The van der Waals surface area contributed by atoms with Crippen LogP contribution in [-0.4, -0.2) is 42.5 Å². The van der Waals surface area contributed by atoms with Gasteiger partial charge in [-0.05, 0) is 94.2 Å². The molecule has 6 nitrogen and oxygen atoms in total. The molecule has 2 rings (SSSR count). The molecule has 2 aromatic rings. The van der Waals surface area contributed by atoms with E-state index in [9.17, 15) is 22.8 Å². The molecule has 0 radical (unpaired) electrons. The second-order valence-electron chi connectivity index (χ2n) is 7.37. The number of benzene rings is 2. The van der Waals surface area contributed by atoms with Crippen LogP contribution < -0.4 is 16.0 Å². The first kappa shape index (κ1) is 25.3. The predicted molar refractivity (Wildman–Crippen MR) is 123 cm³/mol. The summed E-state index contributed by atoms with van der Waals surface area (Å²) in [5, 5.41) is 8.04. The quantitative estimate of drug-likeness (QED) is 0.395. The number of carbonyl (C=O) groups is 2. The number of rotatable bonds is 8. The smallest absolute Gasteiger partial charge is 0.332 e. The molecule has 0 heterocycles. The molecule has 3 N–H and O–H groups in total. The fourth-order valence-corrected chi connectivity index (χ4v) is 2.93. The van der Waals surface area contributed by atoms with Crippen molar-refractivity contribution < 1.29 is 22.8 Å². The third kappa shape index (κ3) is 8.64. The molecule has 10 heteroatoms. The minimum Gasteiger partial charge on any atom is -0.332 e. The van der Waals surface area contributed by atoms with Gasteiger partial charge < -0.3 is 15.5 Å². The lowest BCUT2D eigenvalue weighted by atomic mass is 10.1. The Morgan fingerprint density at radius 2 is 1.47 bits per heavy atom. The Balaban J connectivity index is 1.81. The molecule has 0 saturated heterocycles. The van der Waals surface area contributed by atoms with Crippen LogP contribution in [0.4, 0.5) is 24.5 Å². The van der Waals surface area contributed by atoms with E-state index in [1.807, 2.05) is 14.1 Å². The van der Waals surface area contributed by atoms with Gasteiger partial charge in [0.1, 0.15) is 0 Å². The summed E-state index contributed by atoms with van der Waals surface area (Å²) in [6.45, 7) is 0.933. The van der Waals surface area contributed by atoms with E-state index < -0.39 is 17.6 Å². The van der Waals surface area contributed by atoms with E-state index in [0.29, 0.717) is 17.8 Å². The fourth-order valence-electron chi connectivity index (χ4n) is 2.72. The summed E-state index contributed by atoms with van der Waals surface area (Å²) in [6.07, 6.45) is -2.28. The lowest BCUT2D eigenvalue weighted by molar-refractivity contribution is -0.137. The second-order valence-corrected chi connectivity index (χ2v) is 7.78. The first-order chi connectivity index (χ1) is 15.0. The number of alkyl halides is 3. The van der Waals surface area contributed by atoms with Crippen molar-refractivity contribution >= 4 is 40.5 Å². The van der Waals surface area contributed by atoms with Gasteiger partial charge in [-0.1, -0.05) is 0 Å². The normalized spacial score (nSPS) is 11.2. The Morgan fingerprint density at radius 3 is 2.00 bits per heavy atom. The van der Waals surface area contributed by atoms with Crippen LogP contribution >= 0.6 is 12.2 Å². The molecular weight excluding hydrogens is 441 g/mol. The van der Waals surface area contributed by atoms with Gasteiger partial charge in [-0.3, -0.25) is 14.9 Å². The van der Waals surface area contributed by atoms with Crippen LogP contribution in [0.25, 0.3) is 0 Å². The van der Waals surface area contributed by atoms with Gasteiger partial charge in [-0.2, -0.15) is 13.2 Å². The summed E-state index contributed by atoms with van der Waals surface area (Å²) in [4.78, 5) is 26.2. The zero-order valence-corrected chi connectivity index (χ0v) is 18.6. The molecule has 32 heavy (non-hydrogen) atoms. The average molecular weight is 467 g/mol. The molecule has 0 aromatic heterocycles. The molecule has 0 aliphatic heterocycles. The maximum atomic E-state index is 12.6. The number of hydrogen-bond donors (Lipinski definition) is 3. The minimum absolute atomic E-state index is 0.00687. The Bertz CT molecular complexity index is 930. The largest absolute Gasteiger partial charge is 0.416 e. The van der Waals surface area contributed by atoms with Crippen LogP contribution in [0.1, 0.15) is 35.2 Å². The zero-order chi connectivity index (χ0) is 23.7. The summed E-state index contributed by atoms with van der Waals surface area (Å²) in [5.74, 6) is -0.696. The number of amides is 2. The van der Waals surface area contributed by atoms with E-state index in [-0.39, 0.29) is 16.6 Å². The Kier molecular flexibility index (Phi) is 9.15. The number of carbonyl (C=O) groups excluding carboxylic acids is 2. The summed E-state index contributed by atoms with van der Waals surface area (Å²) in [6, 6.07) is 10.6. The van der Waals surface area contributed by atoms with Crippen molar-refractivity contribution in [3.8, 4) is 0 Å². The Labute approximate surface area is 190 Å². The monoisotopic (exact) mass is 466 g/mol. The standard InChI is InChI=1S/C22H25F3N4O2S/c1-29(2)14-4-3-5-19(30)26-17-10-12-18(13-11-17)27-21(32)28-20(31)15-6-8-16(9-7-15)22(23,24)25/h6-13H,3-5,14H2,1-2H3,(H,26,30)(H2,27,28,31,32). The van der Waals surface area contributed by atoms with Gasteiger partial charge in [0.15, 0.2) is 5.11 Å². The van der Waals surface area contributed by atoms with E-state index in [1.165, 1.54) is 0 Å². The van der Waals surface area contributed by atoms with Crippen LogP contribution in [0.5, 0.6) is 0 Å². The number of thiocarbonyl (C=S) groups is 1. The molecule has 0 unspecified atom stereocenters. The number of halogens is 3. The summed E-state index contributed by atoms with van der Waals surface area (Å²) in [7, 11) is 3.98. The van der Waals surface area contributed by atoms with E-state index in [0.717, 1.165) is 43.7 Å². The van der Waals surface area contributed by atoms with E-state index >= 15 is 0 Å². The van der Waals surface area contributed by atoms with Gasteiger partial charge in [0.2, 0.25) is 5.91 Å². The highest BCUT2D eigenvalue weighted by molar-refractivity contribution is 7.80. The molecule has 0 spiro atoms. The first-order valence-corrected chi connectivity index (χ1v) is 10.3. The lowest BCUT2D eigenvalue weighted by Crippen LogP contribution is -2.34. The van der Waals surface area contributed by atoms with Crippen LogP contribution in [0.15, 0.2) is 48.5 Å². The second kappa shape index (κ2) is 11.6. The van der Waals surface area contributed by atoms with Gasteiger partial charge in [0.25, 0.3) is 5.91 Å². The van der Waals surface area contributed by atoms with Crippen LogP contribution in [0.2, 0.25) is 0 Å². The highest BCUT2D eigenvalue weighted by Gasteiger charge is 2.30. The third-order valence-corrected chi connectivity index (χ3v) is 4.59. The molecule has 0 saturated carbocycles. The minimum atomic E-state index is -4.47.